The van der Waals surface area contributed by atoms with E-state index in [-0.39, 0.29) is 30.3 Å². The molecule has 0 aromatic heterocycles. The molecular weight excluding hydrogens is 303 g/mol. The van der Waals surface area contributed by atoms with E-state index in [4.69, 9.17) is 10.2 Å². The molecule has 7 nitrogen and oxygen atoms in total. The number of hydrogen-bond acceptors (Lipinski definition) is 4. The van der Waals surface area contributed by atoms with Crippen molar-refractivity contribution in [3.63, 3.8) is 0 Å². The van der Waals surface area contributed by atoms with Crippen LogP contribution in [0.2, 0.25) is 0 Å². The Morgan fingerprint density at radius 3 is 2.71 bits per heavy atom. The zero-order chi connectivity index (χ0) is 15.8. The van der Waals surface area contributed by atoms with E-state index >= 15 is 0 Å². The predicted octanol–water partition coefficient (Wildman–Crippen LogP) is 0.165. The number of sulfonamides is 1. The summed E-state index contributed by atoms with van der Waals surface area (Å²) < 4.78 is 35.4. The molecule has 0 saturated carbocycles. The molecular formula is C12H13FN2O5S. The smallest absolute Gasteiger partial charge is 0.338 e. The van der Waals surface area contributed by atoms with Gasteiger partial charge in [0.25, 0.3) is 0 Å². The van der Waals surface area contributed by atoms with E-state index in [2.05, 4.69) is 0 Å². The molecule has 0 aliphatic carbocycles. The number of rotatable bonds is 4. The van der Waals surface area contributed by atoms with Crippen molar-refractivity contribution >= 4 is 27.6 Å². The monoisotopic (exact) mass is 316 g/mol. The number of carboxylic acid groups (broad SMARTS) is 1. The van der Waals surface area contributed by atoms with Crippen LogP contribution in [0.25, 0.3) is 0 Å². The van der Waals surface area contributed by atoms with Crippen LogP contribution in [-0.2, 0) is 14.8 Å². The number of nitrogens with zero attached hydrogens (tertiary/aromatic N) is 1. The topological polar surface area (TPSA) is 118 Å². The lowest BCUT2D eigenvalue weighted by atomic mass is 10.1. The number of carbonyl (C=O) groups excluding carboxylic acids is 1. The number of aromatic carboxylic acids is 1. The second kappa shape index (κ2) is 5.41. The fraction of sp³-hybridized carbons (Fsp3) is 0.333. The third-order valence-electron chi connectivity index (χ3n) is 3.17. The number of anilines is 1. The van der Waals surface area contributed by atoms with Gasteiger partial charge in [0.2, 0.25) is 15.9 Å². The van der Waals surface area contributed by atoms with E-state index in [1.165, 1.54) is 11.0 Å². The molecule has 1 aliphatic heterocycles. The van der Waals surface area contributed by atoms with Crippen molar-refractivity contribution in [1.29, 1.82) is 0 Å². The van der Waals surface area contributed by atoms with Gasteiger partial charge in [0.1, 0.15) is 5.82 Å². The van der Waals surface area contributed by atoms with Crippen LogP contribution in [0.4, 0.5) is 10.1 Å². The van der Waals surface area contributed by atoms with Gasteiger partial charge in [-0.15, -0.1) is 0 Å². The zero-order valence-corrected chi connectivity index (χ0v) is 11.6. The Labute approximate surface area is 120 Å². The molecule has 1 fully saturated rings. The Morgan fingerprint density at radius 2 is 2.14 bits per heavy atom. The Bertz CT molecular complexity index is 704. The summed E-state index contributed by atoms with van der Waals surface area (Å²) >= 11 is 0. The number of primary sulfonamides is 1. The van der Waals surface area contributed by atoms with Gasteiger partial charge in [0.15, 0.2) is 0 Å². The van der Waals surface area contributed by atoms with Crippen LogP contribution in [0.3, 0.4) is 0 Å². The predicted molar refractivity (Wildman–Crippen MR) is 71.8 cm³/mol. The summed E-state index contributed by atoms with van der Waals surface area (Å²) in [7, 11) is -3.70. The second-order valence-corrected chi connectivity index (χ2v) is 6.53. The average molecular weight is 316 g/mol. The van der Waals surface area contributed by atoms with E-state index in [0.717, 1.165) is 12.1 Å². The molecule has 0 spiro atoms. The van der Waals surface area contributed by atoms with Gasteiger partial charge >= 0.3 is 5.97 Å². The molecule has 9 heteroatoms. The highest BCUT2D eigenvalue weighted by molar-refractivity contribution is 7.89. The standard InChI is InChI=1S/C12H13FN2O5S/c13-10-2-1-8(4-9(10)12(17)18)15-5-7(3-11(15)16)6-21(14,19)20/h1-2,4,7H,3,5-6H2,(H,17,18)(H2,14,19,20). The molecule has 1 unspecified atom stereocenters. The summed E-state index contributed by atoms with van der Waals surface area (Å²) in [5.74, 6) is -3.50. The Balaban J connectivity index is 2.25. The van der Waals surface area contributed by atoms with Crippen molar-refractivity contribution in [1.82, 2.24) is 0 Å². The van der Waals surface area contributed by atoms with Crippen LogP contribution >= 0.6 is 0 Å². The summed E-state index contributed by atoms with van der Waals surface area (Å²) in [5.41, 5.74) is -0.328. The van der Waals surface area contributed by atoms with Gasteiger partial charge in [0.05, 0.1) is 11.3 Å². The van der Waals surface area contributed by atoms with E-state index < -0.39 is 33.3 Å². The van der Waals surface area contributed by atoms with Crippen molar-refractivity contribution in [2.75, 3.05) is 17.2 Å². The number of nitrogens with two attached hydrogens (primary N) is 1. The van der Waals surface area contributed by atoms with Crippen LogP contribution in [0, 0.1) is 11.7 Å². The number of benzene rings is 1. The van der Waals surface area contributed by atoms with Crippen LogP contribution in [0.15, 0.2) is 18.2 Å². The first-order valence-electron chi connectivity index (χ1n) is 6.01. The van der Waals surface area contributed by atoms with Gasteiger partial charge in [-0.25, -0.2) is 22.7 Å². The van der Waals surface area contributed by atoms with E-state index in [1.54, 1.807) is 0 Å². The lowest BCUT2D eigenvalue weighted by molar-refractivity contribution is -0.117. The zero-order valence-electron chi connectivity index (χ0n) is 10.8. The lowest BCUT2D eigenvalue weighted by Gasteiger charge is -2.17. The molecule has 2 rings (SSSR count). The minimum atomic E-state index is -3.70. The Hall–Kier alpha value is -2.00. The lowest BCUT2D eigenvalue weighted by Crippen LogP contribution is -2.27. The summed E-state index contributed by atoms with van der Waals surface area (Å²) in [5, 5.41) is 13.8. The van der Waals surface area contributed by atoms with Gasteiger partial charge in [-0.3, -0.25) is 4.79 Å². The highest BCUT2D eigenvalue weighted by Gasteiger charge is 2.33. The summed E-state index contributed by atoms with van der Waals surface area (Å²) in [6.07, 6.45) is -0.00376. The second-order valence-electron chi connectivity index (χ2n) is 4.87. The van der Waals surface area contributed by atoms with Crippen molar-refractivity contribution in [3.8, 4) is 0 Å². The molecule has 1 aromatic rings. The fourth-order valence-corrected chi connectivity index (χ4v) is 3.20. The van der Waals surface area contributed by atoms with Crippen LogP contribution in [0.5, 0.6) is 0 Å². The van der Waals surface area contributed by atoms with Gasteiger partial charge < -0.3 is 10.0 Å². The van der Waals surface area contributed by atoms with Gasteiger partial charge in [-0.05, 0) is 18.2 Å². The molecule has 1 aliphatic rings. The molecule has 21 heavy (non-hydrogen) atoms. The Morgan fingerprint density at radius 1 is 1.48 bits per heavy atom. The summed E-state index contributed by atoms with van der Waals surface area (Å²) in [4.78, 5) is 24.0. The molecule has 3 N–H and O–H groups in total. The van der Waals surface area contributed by atoms with E-state index in [9.17, 15) is 22.4 Å². The minimum absolute atomic E-state index is 0.00376. The third kappa shape index (κ3) is 3.56. The number of amides is 1. The van der Waals surface area contributed by atoms with Crippen molar-refractivity contribution in [3.05, 3.63) is 29.6 Å². The molecule has 0 bridgehead atoms. The number of carboxylic acids is 1. The molecule has 114 valence electrons. The summed E-state index contributed by atoms with van der Waals surface area (Å²) in [6.45, 7) is 0.0972. The highest BCUT2D eigenvalue weighted by atomic mass is 32.2. The van der Waals surface area contributed by atoms with Crippen LogP contribution in [-0.4, -0.2) is 37.7 Å². The first-order chi connectivity index (χ1) is 9.67. The number of hydrogen-bond donors (Lipinski definition) is 2. The SMILES string of the molecule is NS(=O)(=O)CC1CC(=O)N(c2ccc(F)c(C(=O)O)c2)C1. The molecule has 0 radical (unpaired) electrons. The maximum absolute atomic E-state index is 13.3. The normalized spacial score (nSPS) is 19.0. The van der Waals surface area contributed by atoms with E-state index in [0.29, 0.717) is 0 Å². The fourth-order valence-electron chi connectivity index (χ4n) is 2.32. The van der Waals surface area contributed by atoms with Gasteiger partial charge in [-0.2, -0.15) is 0 Å². The summed E-state index contributed by atoms with van der Waals surface area (Å²) in [6, 6.07) is 3.28. The maximum atomic E-state index is 13.3. The van der Waals surface area contributed by atoms with Crippen LogP contribution < -0.4 is 10.0 Å². The van der Waals surface area contributed by atoms with Crippen molar-refractivity contribution < 1.29 is 27.5 Å². The quantitative estimate of drug-likeness (QED) is 0.820. The number of carbonyl (C=O) groups is 2. The minimum Gasteiger partial charge on any atom is -0.478 e. The number of halogens is 1. The molecule has 1 saturated heterocycles. The molecule has 1 aromatic carbocycles. The first-order valence-corrected chi connectivity index (χ1v) is 7.72. The van der Waals surface area contributed by atoms with Gasteiger partial charge in [-0.1, -0.05) is 0 Å². The molecule has 1 amide bonds. The average Bonchev–Trinajstić information content (AvgIpc) is 2.68. The third-order valence-corrected chi connectivity index (χ3v) is 4.10. The van der Waals surface area contributed by atoms with Crippen molar-refractivity contribution in [2.24, 2.45) is 11.1 Å². The van der Waals surface area contributed by atoms with Gasteiger partial charge in [0, 0.05) is 24.6 Å². The van der Waals surface area contributed by atoms with Crippen LogP contribution in [0.1, 0.15) is 16.8 Å². The van der Waals surface area contributed by atoms with Crippen molar-refractivity contribution in [2.45, 2.75) is 6.42 Å². The molecule has 1 atom stereocenters. The largest absolute Gasteiger partial charge is 0.478 e. The van der Waals surface area contributed by atoms with E-state index in [1.807, 2.05) is 0 Å². The first kappa shape index (κ1) is 15.4. The molecule has 1 heterocycles. The highest BCUT2D eigenvalue weighted by Crippen LogP contribution is 2.27. The maximum Gasteiger partial charge on any atom is 0.338 e. The Kier molecular flexibility index (Phi) is 3.97.